The first-order valence-electron chi connectivity index (χ1n) is 11.9. The lowest BCUT2D eigenvalue weighted by Crippen LogP contribution is -1.94. The highest BCUT2D eigenvalue weighted by Crippen LogP contribution is 2.13. The average Bonchev–Trinajstić information content (AvgIpc) is 2.79. The lowest BCUT2D eigenvalue weighted by molar-refractivity contribution is 0.555. The number of hydrogen-bond donors (Lipinski definition) is 0. The van der Waals surface area contributed by atoms with Gasteiger partial charge in [-0.1, -0.05) is 138 Å². The van der Waals surface area contributed by atoms with Crippen molar-refractivity contribution in [1.29, 1.82) is 0 Å². The zero-order valence-electron chi connectivity index (χ0n) is 20.8. The second-order valence-corrected chi connectivity index (χ2v) is 6.09. The summed E-state index contributed by atoms with van der Waals surface area (Å²) >= 11 is 0. The number of hydrogen-bond acceptors (Lipinski definition) is 0. The van der Waals surface area contributed by atoms with E-state index in [2.05, 4.69) is 68.4 Å². The molecule has 2 rings (SSSR count). The van der Waals surface area contributed by atoms with Crippen LogP contribution in [0.15, 0.2) is 54.6 Å². The molecule has 0 unspecified atom stereocenters. The fourth-order valence-electron chi connectivity index (χ4n) is 2.59. The predicted octanol–water partition coefficient (Wildman–Crippen LogP) is 10.2. The Labute approximate surface area is 186 Å². The van der Waals surface area contributed by atoms with Crippen molar-refractivity contribution in [2.24, 2.45) is 5.92 Å². The Kier molecular flexibility index (Phi) is 34.5. The molecule has 0 N–H and O–H groups in total. The van der Waals surface area contributed by atoms with Gasteiger partial charge in [-0.2, -0.15) is 0 Å². The molecule has 2 aromatic rings. The van der Waals surface area contributed by atoms with E-state index < -0.39 is 0 Å². The van der Waals surface area contributed by atoms with Crippen molar-refractivity contribution in [1.82, 2.24) is 0 Å². The smallest absolute Gasteiger partial charge is 0.0238 e. The highest BCUT2D eigenvalue weighted by Gasteiger charge is 1.99. The Bertz CT molecular complexity index is 496. The van der Waals surface area contributed by atoms with Gasteiger partial charge in [-0.25, -0.2) is 0 Å². The van der Waals surface area contributed by atoms with Crippen LogP contribution in [0.5, 0.6) is 0 Å². The molecule has 0 spiro atoms. The zero-order chi connectivity index (χ0) is 22.2. The maximum atomic E-state index is 2.39. The van der Waals surface area contributed by atoms with Gasteiger partial charge in [0.25, 0.3) is 0 Å². The topological polar surface area (TPSA) is 0 Å². The summed E-state index contributed by atoms with van der Waals surface area (Å²) in [5, 5.41) is 0. The van der Waals surface area contributed by atoms with E-state index in [0.29, 0.717) is 0 Å². The van der Waals surface area contributed by atoms with Crippen LogP contribution in [-0.2, 0) is 19.3 Å². The summed E-state index contributed by atoms with van der Waals surface area (Å²) in [5.41, 5.74) is 4.39. The molecule has 0 radical (unpaired) electrons. The molecule has 0 aromatic heterocycles. The molecule has 0 saturated carbocycles. The van der Waals surface area contributed by atoms with Crippen LogP contribution >= 0.6 is 0 Å². The number of aryl methyl sites for hydroxylation is 3. The summed E-state index contributed by atoms with van der Waals surface area (Å²) in [4.78, 5) is 0. The van der Waals surface area contributed by atoms with Gasteiger partial charge in [0.15, 0.2) is 0 Å². The average molecular weight is 403 g/mol. The minimum absolute atomic E-state index is 0. The van der Waals surface area contributed by atoms with E-state index in [1.54, 1.807) is 0 Å². The van der Waals surface area contributed by atoms with Crippen molar-refractivity contribution in [3.63, 3.8) is 0 Å². The van der Waals surface area contributed by atoms with Gasteiger partial charge in [0, 0.05) is 0 Å². The molecule has 0 atom stereocenters. The van der Waals surface area contributed by atoms with Gasteiger partial charge in [0.2, 0.25) is 0 Å². The first-order chi connectivity index (χ1) is 13.7. The third-order valence-corrected chi connectivity index (χ3v) is 3.78. The third kappa shape index (κ3) is 21.0. The van der Waals surface area contributed by atoms with Crippen molar-refractivity contribution in [2.45, 2.75) is 109 Å². The SMILES string of the molecule is C.CC.CC.CC.CC.CC(C)CCCc1cccc(CCc2ccccc2)c1. The predicted molar refractivity (Wildman–Crippen MR) is 140 cm³/mol. The Morgan fingerprint density at radius 1 is 0.552 bits per heavy atom. The van der Waals surface area contributed by atoms with Crippen LogP contribution in [0.4, 0.5) is 0 Å². The molecule has 0 aliphatic carbocycles. The number of rotatable bonds is 7. The van der Waals surface area contributed by atoms with Crippen LogP contribution in [-0.4, -0.2) is 0 Å². The highest BCUT2D eigenvalue weighted by molar-refractivity contribution is 5.25. The molecule has 170 valence electrons. The largest absolute Gasteiger partial charge is 0.0776 e. The Morgan fingerprint density at radius 3 is 1.45 bits per heavy atom. The van der Waals surface area contributed by atoms with E-state index in [1.165, 1.54) is 36.0 Å². The minimum atomic E-state index is 0. The van der Waals surface area contributed by atoms with Gasteiger partial charge in [-0.05, 0) is 48.3 Å². The quantitative estimate of drug-likeness (QED) is 0.432. The molecule has 0 amide bonds. The Morgan fingerprint density at radius 2 is 0.966 bits per heavy atom. The summed E-state index contributed by atoms with van der Waals surface area (Å²) in [7, 11) is 0. The molecule has 0 aliphatic heterocycles. The third-order valence-electron chi connectivity index (χ3n) is 3.78. The zero-order valence-corrected chi connectivity index (χ0v) is 20.8. The molecule has 29 heavy (non-hydrogen) atoms. The van der Waals surface area contributed by atoms with Crippen molar-refractivity contribution in [3.05, 3.63) is 71.3 Å². The summed E-state index contributed by atoms with van der Waals surface area (Å²) in [6, 6.07) is 19.9. The maximum Gasteiger partial charge on any atom is -0.0238 e. The monoisotopic (exact) mass is 402 g/mol. The molecule has 0 saturated heterocycles. The standard InChI is InChI=1S/C20H26.4C2H6.CH4/c1-17(2)8-6-11-19-12-7-13-20(16-19)15-14-18-9-4-3-5-10-18;4*1-2;/h3-5,7,9-10,12-13,16-17H,6,8,11,14-15H2,1-2H3;4*1-2H3;1H4. The minimum Gasteiger partial charge on any atom is -0.0776 e. The van der Waals surface area contributed by atoms with E-state index in [9.17, 15) is 0 Å². The second-order valence-electron chi connectivity index (χ2n) is 6.09. The second kappa shape index (κ2) is 28.6. The molecular formula is C29H54. The summed E-state index contributed by atoms with van der Waals surface area (Å²) in [5.74, 6) is 0.816. The van der Waals surface area contributed by atoms with Crippen molar-refractivity contribution in [3.8, 4) is 0 Å². The van der Waals surface area contributed by atoms with Crippen molar-refractivity contribution >= 4 is 0 Å². The summed E-state index contributed by atoms with van der Waals surface area (Å²) < 4.78 is 0. The first-order valence-corrected chi connectivity index (χ1v) is 11.9. The molecule has 0 nitrogen and oxygen atoms in total. The van der Waals surface area contributed by atoms with Gasteiger partial charge in [-0.3, -0.25) is 0 Å². The van der Waals surface area contributed by atoms with Crippen LogP contribution < -0.4 is 0 Å². The van der Waals surface area contributed by atoms with Gasteiger partial charge >= 0.3 is 0 Å². The molecule has 0 heteroatoms. The fraction of sp³-hybridized carbons (Fsp3) is 0.586. The molecule has 0 bridgehead atoms. The van der Waals surface area contributed by atoms with Crippen LogP contribution in [0, 0.1) is 5.92 Å². The Hall–Kier alpha value is -1.56. The van der Waals surface area contributed by atoms with Gasteiger partial charge in [-0.15, -0.1) is 0 Å². The summed E-state index contributed by atoms with van der Waals surface area (Å²) in [6.45, 7) is 20.6. The van der Waals surface area contributed by atoms with E-state index in [-0.39, 0.29) is 7.43 Å². The molecule has 0 heterocycles. The summed E-state index contributed by atoms with van der Waals surface area (Å²) in [6.07, 6.45) is 6.13. The van der Waals surface area contributed by atoms with E-state index in [4.69, 9.17) is 0 Å². The highest BCUT2D eigenvalue weighted by atomic mass is 14.1. The Balaban J connectivity index is -0.000000310. The van der Waals surface area contributed by atoms with Crippen LogP contribution in [0.2, 0.25) is 0 Å². The number of benzene rings is 2. The fourth-order valence-corrected chi connectivity index (χ4v) is 2.59. The molecule has 0 fully saturated rings. The van der Waals surface area contributed by atoms with Gasteiger partial charge in [0.1, 0.15) is 0 Å². The van der Waals surface area contributed by atoms with Crippen LogP contribution in [0.25, 0.3) is 0 Å². The van der Waals surface area contributed by atoms with Crippen molar-refractivity contribution < 1.29 is 0 Å². The van der Waals surface area contributed by atoms with E-state index in [1.807, 2.05) is 55.4 Å². The first kappa shape index (κ1) is 34.9. The lowest BCUT2D eigenvalue weighted by atomic mass is 9.99. The van der Waals surface area contributed by atoms with Crippen LogP contribution in [0.1, 0.15) is 106 Å². The van der Waals surface area contributed by atoms with Crippen molar-refractivity contribution in [2.75, 3.05) is 0 Å². The maximum absolute atomic E-state index is 2.39. The van der Waals surface area contributed by atoms with E-state index in [0.717, 1.165) is 18.8 Å². The molecular weight excluding hydrogens is 348 g/mol. The normalized spacial score (nSPS) is 8.38. The van der Waals surface area contributed by atoms with Gasteiger partial charge < -0.3 is 0 Å². The molecule has 0 aliphatic rings. The van der Waals surface area contributed by atoms with Gasteiger partial charge in [0.05, 0.1) is 0 Å². The van der Waals surface area contributed by atoms with E-state index >= 15 is 0 Å². The van der Waals surface area contributed by atoms with Crippen LogP contribution in [0.3, 0.4) is 0 Å². The lowest BCUT2D eigenvalue weighted by Gasteiger charge is -2.07. The molecule has 2 aromatic carbocycles.